The van der Waals surface area contributed by atoms with Crippen LogP contribution in [0.2, 0.25) is 0 Å². The molecule has 5 nitrogen and oxygen atoms in total. The molecule has 116 valence electrons. The SMILES string of the molecule is CCN(C)C(=O)C1CCN(S(=O)(=O)c2cccc(Br)c2)C1. The Kier molecular flexibility index (Phi) is 5.06. The minimum Gasteiger partial charge on any atom is -0.346 e. The maximum Gasteiger partial charge on any atom is 0.243 e. The van der Waals surface area contributed by atoms with Crippen molar-refractivity contribution in [2.24, 2.45) is 5.92 Å². The van der Waals surface area contributed by atoms with E-state index in [0.717, 1.165) is 4.47 Å². The lowest BCUT2D eigenvalue weighted by Gasteiger charge is -2.20. The summed E-state index contributed by atoms with van der Waals surface area (Å²) in [6.45, 7) is 3.19. The van der Waals surface area contributed by atoms with Gasteiger partial charge in [0.1, 0.15) is 0 Å². The van der Waals surface area contributed by atoms with Crippen LogP contribution in [-0.2, 0) is 14.8 Å². The molecule has 1 aromatic rings. The monoisotopic (exact) mass is 374 g/mol. The number of amides is 1. The van der Waals surface area contributed by atoms with E-state index in [1.165, 1.54) is 4.31 Å². The smallest absolute Gasteiger partial charge is 0.243 e. The highest BCUT2D eigenvalue weighted by molar-refractivity contribution is 9.10. The van der Waals surface area contributed by atoms with Gasteiger partial charge in [-0.2, -0.15) is 4.31 Å². The predicted molar refractivity (Wildman–Crippen MR) is 84.3 cm³/mol. The second-order valence-corrected chi connectivity index (χ2v) is 8.01. The Morgan fingerprint density at radius 2 is 2.19 bits per heavy atom. The first-order valence-corrected chi connectivity index (χ1v) is 9.10. The van der Waals surface area contributed by atoms with Crippen LogP contribution in [0.15, 0.2) is 33.6 Å². The van der Waals surface area contributed by atoms with Crippen molar-refractivity contribution in [2.45, 2.75) is 18.2 Å². The molecular weight excluding hydrogens is 356 g/mol. The molecule has 1 aromatic carbocycles. The highest BCUT2D eigenvalue weighted by Crippen LogP contribution is 2.26. The van der Waals surface area contributed by atoms with E-state index in [1.54, 1.807) is 36.2 Å². The fourth-order valence-electron chi connectivity index (χ4n) is 2.39. The van der Waals surface area contributed by atoms with Gasteiger partial charge in [0.2, 0.25) is 15.9 Å². The van der Waals surface area contributed by atoms with E-state index in [4.69, 9.17) is 0 Å². The topological polar surface area (TPSA) is 57.7 Å². The number of benzene rings is 1. The Hall–Kier alpha value is -0.920. The third-order valence-electron chi connectivity index (χ3n) is 3.78. The zero-order valence-corrected chi connectivity index (χ0v) is 14.5. The molecule has 0 N–H and O–H groups in total. The number of rotatable bonds is 4. The molecule has 1 fully saturated rings. The molecule has 2 rings (SSSR count). The number of carbonyl (C=O) groups is 1. The highest BCUT2D eigenvalue weighted by atomic mass is 79.9. The summed E-state index contributed by atoms with van der Waals surface area (Å²) in [5, 5.41) is 0. The second-order valence-electron chi connectivity index (χ2n) is 5.16. The largest absolute Gasteiger partial charge is 0.346 e. The molecule has 1 aliphatic rings. The standard InChI is InChI=1S/C14H19BrN2O3S/c1-3-16(2)14(18)11-7-8-17(10-11)21(19,20)13-6-4-5-12(15)9-13/h4-6,9,11H,3,7-8,10H2,1-2H3. The molecule has 1 saturated heterocycles. The van der Waals surface area contributed by atoms with Gasteiger partial charge in [0, 0.05) is 31.2 Å². The lowest BCUT2D eigenvalue weighted by molar-refractivity contribution is -0.133. The molecule has 1 heterocycles. The lowest BCUT2D eigenvalue weighted by atomic mass is 10.1. The van der Waals surface area contributed by atoms with Crippen molar-refractivity contribution in [3.8, 4) is 0 Å². The fraction of sp³-hybridized carbons (Fsp3) is 0.500. The van der Waals surface area contributed by atoms with Crippen molar-refractivity contribution in [3.63, 3.8) is 0 Å². The van der Waals surface area contributed by atoms with Crippen LogP contribution in [0.4, 0.5) is 0 Å². The van der Waals surface area contributed by atoms with Crippen LogP contribution in [0.25, 0.3) is 0 Å². The maximum absolute atomic E-state index is 12.6. The number of sulfonamides is 1. The van der Waals surface area contributed by atoms with Crippen LogP contribution in [0.5, 0.6) is 0 Å². The molecule has 0 aromatic heterocycles. The number of nitrogens with zero attached hydrogens (tertiary/aromatic N) is 2. The van der Waals surface area contributed by atoms with Crippen molar-refractivity contribution in [2.75, 3.05) is 26.7 Å². The van der Waals surface area contributed by atoms with Crippen molar-refractivity contribution in [3.05, 3.63) is 28.7 Å². The van der Waals surface area contributed by atoms with Crippen molar-refractivity contribution in [1.29, 1.82) is 0 Å². The summed E-state index contributed by atoms with van der Waals surface area (Å²) < 4.78 is 27.3. The zero-order valence-electron chi connectivity index (χ0n) is 12.1. The summed E-state index contributed by atoms with van der Waals surface area (Å²) in [6, 6.07) is 6.64. The summed E-state index contributed by atoms with van der Waals surface area (Å²) in [5.41, 5.74) is 0. The molecule has 0 bridgehead atoms. The Morgan fingerprint density at radius 3 is 2.81 bits per heavy atom. The van der Waals surface area contributed by atoms with Crippen LogP contribution in [-0.4, -0.2) is 50.2 Å². The van der Waals surface area contributed by atoms with Crippen LogP contribution in [0.3, 0.4) is 0 Å². The van der Waals surface area contributed by atoms with Gasteiger partial charge in [-0.3, -0.25) is 4.79 Å². The molecule has 0 aliphatic carbocycles. The third kappa shape index (κ3) is 3.46. The summed E-state index contributed by atoms with van der Waals surface area (Å²) in [4.78, 5) is 14.0. The molecule has 7 heteroatoms. The summed E-state index contributed by atoms with van der Waals surface area (Å²) in [6.07, 6.45) is 0.580. The van der Waals surface area contributed by atoms with Gasteiger partial charge in [-0.25, -0.2) is 8.42 Å². The van der Waals surface area contributed by atoms with Crippen LogP contribution >= 0.6 is 15.9 Å². The first-order chi connectivity index (χ1) is 9.86. The van der Waals surface area contributed by atoms with Gasteiger partial charge in [0.15, 0.2) is 0 Å². The van der Waals surface area contributed by atoms with Crippen molar-refractivity contribution >= 4 is 31.9 Å². The van der Waals surface area contributed by atoms with E-state index in [0.29, 0.717) is 19.5 Å². The van der Waals surface area contributed by atoms with Gasteiger partial charge in [-0.1, -0.05) is 22.0 Å². The van der Waals surface area contributed by atoms with E-state index in [2.05, 4.69) is 15.9 Å². The maximum atomic E-state index is 12.6. The van der Waals surface area contributed by atoms with Gasteiger partial charge in [0.05, 0.1) is 10.8 Å². The zero-order chi connectivity index (χ0) is 15.6. The highest BCUT2D eigenvalue weighted by Gasteiger charge is 2.36. The average Bonchev–Trinajstić information content (AvgIpc) is 2.96. The minimum atomic E-state index is -3.53. The normalized spacial score (nSPS) is 19.7. The predicted octanol–water partition coefficient (Wildman–Crippen LogP) is 1.94. The van der Waals surface area contributed by atoms with Gasteiger partial charge >= 0.3 is 0 Å². The van der Waals surface area contributed by atoms with Crippen molar-refractivity contribution in [1.82, 2.24) is 9.21 Å². The van der Waals surface area contributed by atoms with E-state index in [-0.39, 0.29) is 23.3 Å². The minimum absolute atomic E-state index is 0.0180. The van der Waals surface area contributed by atoms with E-state index < -0.39 is 10.0 Å². The molecule has 0 spiro atoms. The van der Waals surface area contributed by atoms with Gasteiger partial charge in [0.25, 0.3) is 0 Å². The molecule has 1 aliphatic heterocycles. The second kappa shape index (κ2) is 6.46. The molecule has 1 unspecified atom stereocenters. The van der Waals surface area contributed by atoms with Gasteiger partial charge in [-0.05, 0) is 31.5 Å². The number of carbonyl (C=O) groups excluding carboxylic acids is 1. The third-order valence-corrected chi connectivity index (χ3v) is 6.14. The molecule has 21 heavy (non-hydrogen) atoms. The van der Waals surface area contributed by atoms with E-state index in [1.807, 2.05) is 6.92 Å². The number of halogens is 1. The fourth-order valence-corrected chi connectivity index (χ4v) is 4.49. The molecule has 0 saturated carbocycles. The summed E-state index contributed by atoms with van der Waals surface area (Å²) in [7, 11) is -1.78. The number of hydrogen-bond donors (Lipinski definition) is 0. The van der Waals surface area contributed by atoms with Crippen LogP contribution in [0, 0.1) is 5.92 Å². The number of hydrogen-bond acceptors (Lipinski definition) is 3. The van der Waals surface area contributed by atoms with E-state index >= 15 is 0 Å². The Labute approximate surface area is 134 Å². The van der Waals surface area contributed by atoms with E-state index in [9.17, 15) is 13.2 Å². The molecule has 1 atom stereocenters. The molecular formula is C14H19BrN2O3S. The molecule has 1 amide bonds. The Bertz CT molecular complexity index is 633. The van der Waals surface area contributed by atoms with Crippen LogP contribution in [0.1, 0.15) is 13.3 Å². The Morgan fingerprint density at radius 1 is 1.48 bits per heavy atom. The summed E-state index contributed by atoms with van der Waals surface area (Å²) in [5.74, 6) is -0.221. The van der Waals surface area contributed by atoms with Crippen LogP contribution < -0.4 is 0 Å². The summed E-state index contributed by atoms with van der Waals surface area (Å²) >= 11 is 3.28. The van der Waals surface area contributed by atoms with Crippen molar-refractivity contribution < 1.29 is 13.2 Å². The van der Waals surface area contributed by atoms with Gasteiger partial charge in [-0.15, -0.1) is 0 Å². The average molecular weight is 375 g/mol. The first kappa shape index (κ1) is 16.5. The molecule has 0 radical (unpaired) electrons. The van der Waals surface area contributed by atoms with Gasteiger partial charge < -0.3 is 4.90 Å². The first-order valence-electron chi connectivity index (χ1n) is 6.87. The Balaban J connectivity index is 2.15. The lowest BCUT2D eigenvalue weighted by Crippen LogP contribution is -2.35. The quantitative estimate of drug-likeness (QED) is 0.808.